The van der Waals surface area contributed by atoms with Crippen LogP contribution in [0.25, 0.3) is 0 Å². The van der Waals surface area contributed by atoms with Crippen LogP contribution in [0.4, 0.5) is 5.69 Å². The highest BCUT2D eigenvalue weighted by Crippen LogP contribution is 2.28. The van der Waals surface area contributed by atoms with E-state index in [1.54, 1.807) is 6.92 Å². The second kappa shape index (κ2) is 6.01. The average molecular weight is 247 g/mol. The van der Waals surface area contributed by atoms with Gasteiger partial charge in [-0.15, -0.1) is 0 Å². The van der Waals surface area contributed by atoms with Crippen molar-refractivity contribution < 1.29 is 9.53 Å². The number of fused-ring (bicyclic) bond motifs is 1. The Kier molecular flexibility index (Phi) is 4.37. The van der Waals surface area contributed by atoms with Crippen LogP contribution >= 0.6 is 0 Å². The number of ether oxygens (including phenoxy) is 1. The molecular weight excluding hydrogens is 226 g/mol. The Morgan fingerprint density at radius 1 is 1.39 bits per heavy atom. The highest BCUT2D eigenvalue weighted by molar-refractivity contribution is 5.94. The van der Waals surface area contributed by atoms with Crippen LogP contribution in [-0.4, -0.2) is 32.1 Å². The third-order valence-electron chi connectivity index (χ3n) is 3.33. The van der Waals surface area contributed by atoms with E-state index < -0.39 is 0 Å². The Hall–Kier alpha value is -1.35. The van der Waals surface area contributed by atoms with Gasteiger partial charge in [-0.25, -0.2) is 0 Å². The molecule has 0 amide bonds. The summed E-state index contributed by atoms with van der Waals surface area (Å²) in [5, 5.41) is 0. The van der Waals surface area contributed by atoms with E-state index in [0.717, 1.165) is 44.7 Å². The van der Waals surface area contributed by atoms with Crippen LogP contribution < -0.4 is 4.90 Å². The Labute approximate surface area is 109 Å². The number of benzene rings is 1. The highest BCUT2D eigenvalue weighted by atomic mass is 16.5. The fourth-order valence-corrected chi connectivity index (χ4v) is 2.34. The molecule has 1 aromatic carbocycles. The number of anilines is 1. The fourth-order valence-electron chi connectivity index (χ4n) is 2.34. The normalized spacial score (nSPS) is 13.8. The van der Waals surface area contributed by atoms with Gasteiger partial charge in [-0.05, 0) is 43.5 Å². The van der Waals surface area contributed by atoms with E-state index >= 15 is 0 Å². The van der Waals surface area contributed by atoms with Crippen LogP contribution in [0.5, 0.6) is 0 Å². The number of hydrogen-bond donors (Lipinski definition) is 0. The monoisotopic (exact) mass is 247 g/mol. The molecule has 3 heteroatoms. The summed E-state index contributed by atoms with van der Waals surface area (Å²) in [5.74, 6) is 0.141. The van der Waals surface area contributed by atoms with Crippen molar-refractivity contribution in [1.29, 1.82) is 0 Å². The summed E-state index contributed by atoms with van der Waals surface area (Å²) in [6, 6.07) is 6.02. The molecule has 0 spiro atoms. The fraction of sp³-hybridized carbons (Fsp3) is 0.533. The molecule has 2 rings (SSSR count). The maximum atomic E-state index is 11.3. The van der Waals surface area contributed by atoms with Crippen molar-refractivity contribution in [2.24, 2.45) is 0 Å². The van der Waals surface area contributed by atoms with Crippen molar-refractivity contribution >= 4 is 11.5 Å². The molecule has 0 fully saturated rings. The summed E-state index contributed by atoms with van der Waals surface area (Å²) in [6.07, 6.45) is 2.10. The molecule has 18 heavy (non-hydrogen) atoms. The highest BCUT2D eigenvalue weighted by Gasteiger charge is 2.19. The average Bonchev–Trinajstić information content (AvgIpc) is 2.77. The molecule has 1 heterocycles. The maximum absolute atomic E-state index is 11.3. The van der Waals surface area contributed by atoms with Crippen molar-refractivity contribution in [2.45, 2.75) is 26.7 Å². The molecule has 1 aromatic rings. The van der Waals surface area contributed by atoms with Gasteiger partial charge in [0.25, 0.3) is 0 Å². The zero-order chi connectivity index (χ0) is 13.0. The summed E-state index contributed by atoms with van der Waals surface area (Å²) >= 11 is 0. The molecule has 0 aromatic heterocycles. The van der Waals surface area contributed by atoms with Gasteiger partial charge in [0, 0.05) is 30.9 Å². The van der Waals surface area contributed by atoms with Crippen LogP contribution in [-0.2, 0) is 11.2 Å². The van der Waals surface area contributed by atoms with Gasteiger partial charge in [0.1, 0.15) is 0 Å². The van der Waals surface area contributed by atoms with Crippen molar-refractivity contribution in [3.05, 3.63) is 29.3 Å². The number of ketones is 1. The summed E-state index contributed by atoms with van der Waals surface area (Å²) in [6.45, 7) is 7.33. The third kappa shape index (κ3) is 2.91. The summed E-state index contributed by atoms with van der Waals surface area (Å²) in [7, 11) is 0. The smallest absolute Gasteiger partial charge is 0.159 e. The van der Waals surface area contributed by atoms with E-state index in [1.165, 1.54) is 11.3 Å². The van der Waals surface area contributed by atoms with Crippen LogP contribution in [0, 0.1) is 0 Å². The number of hydrogen-bond acceptors (Lipinski definition) is 3. The molecule has 0 atom stereocenters. The Balaban J connectivity index is 1.98. The van der Waals surface area contributed by atoms with E-state index in [2.05, 4.69) is 17.9 Å². The number of carbonyl (C=O) groups is 1. The Morgan fingerprint density at radius 3 is 2.94 bits per heavy atom. The van der Waals surface area contributed by atoms with Gasteiger partial charge in [-0.1, -0.05) is 6.92 Å². The largest absolute Gasteiger partial charge is 0.380 e. The molecule has 1 aliphatic rings. The van der Waals surface area contributed by atoms with Crippen molar-refractivity contribution in [3.63, 3.8) is 0 Å². The van der Waals surface area contributed by atoms with Gasteiger partial charge >= 0.3 is 0 Å². The molecule has 0 unspecified atom stereocenters. The number of Topliss-reactive ketones (excluding diaryl/α,β-unsaturated/α-hetero) is 1. The van der Waals surface area contributed by atoms with E-state index in [9.17, 15) is 4.79 Å². The minimum absolute atomic E-state index is 0.141. The molecule has 3 nitrogen and oxygen atoms in total. The zero-order valence-corrected chi connectivity index (χ0v) is 11.2. The van der Waals surface area contributed by atoms with Crippen molar-refractivity contribution in [2.75, 3.05) is 31.2 Å². The number of carbonyl (C=O) groups excluding carboxylic acids is 1. The van der Waals surface area contributed by atoms with E-state index in [4.69, 9.17) is 4.74 Å². The van der Waals surface area contributed by atoms with Gasteiger partial charge in [0.15, 0.2) is 5.78 Å². The predicted octanol–water partition coefficient (Wildman–Crippen LogP) is 2.68. The second-order valence-corrected chi connectivity index (χ2v) is 4.75. The summed E-state index contributed by atoms with van der Waals surface area (Å²) in [5.41, 5.74) is 3.37. The van der Waals surface area contributed by atoms with Gasteiger partial charge in [-0.2, -0.15) is 0 Å². The zero-order valence-electron chi connectivity index (χ0n) is 11.2. The SMILES string of the molecule is CCCOCCN1CCc2cc(C(C)=O)ccc21. The molecule has 0 aliphatic carbocycles. The number of rotatable bonds is 6. The van der Waals surface area contributed by atoms with Crippen LogP contribution in [0.15, 0.2) is 18.2 Å². The molecule has 98 valence electrons. The molecule has 0 N–H and O–H groups in total. The first-order valence-corrected chi connectivity index (χ1v) is 6.69. The van der Waals surface area contributed by atoms with E-state index in [0.29, 0.717) is 0 Å². The lowest BCUT2D eigenvalue weighted by Crippen LogP contribution is -2.25. The minimum atomic E-state index is 0.141. The van der Waals surface area contributed by atoms with Gasteiger partial charge < -0.3 is 9.64 Å². The van der Waals surface area contributed by atoms with Crippen molar-refractivity contribution in [1.82, 2.24) is 0 Å². The van der Waals surface area contributed by atoms with Crippen LogP contribution in [0.3, 0.4) is 0 Å². The molecule has 0 bridgehead atoms. The second-order valence-electron chi connectivity index (χ2n) is 4.75. The lowest BCUT2D eigenvalue weighted by molar-refractivity contribution is 0.101. The standard InChI is InChI=1S/C15H21NO2/c1-3-9-18-10-8-16-7-6-14-11-13(12(2)17)4-5-15(14)16/h4-5,11H,3,6-10H2,1-2H3. The molecule has 0 radical (unpaired) electrons. The van der Waals surface area contributed by atoms with Crippen LogP contribution in [0.2, 0.25) is 0 Å². The van der Waals surface area contributed by atoms with Crippen molar-refractivity contribution in [3.8, 4) is 0 Å². The van der Waals surface area contributed by atoms with Gasteiger partial charge in [0.05, 0.1) is 6.61 Å². The first-order valence-electron chi connectivity index (χ1n) is 6.69. The Bertz CT molecular complexity index is 429. The first-order chi connectivity index (χ1) is 8.72. The van der Waals surface area contributed by atoms with Gasteiger partial charge in [0.2, 0.25) is 0 Å². The molecule has 0 saturated heterocycles. The topological polar surface area (TPSA) is 29.5 Å². The van der Waals surface area contributed by atoms with E-state index in [1.807, 2.05) is 12.1 Å². The van der Waals surface area contributed by atoms with Crippen LogP contribution in [0.1, 0.15) is 36.2 Å². The minimum Gasteiger partial charge on any atom is -0.380 e. The van der Waals surface area contributed by atoms with E-state index in [-0.39, 0.29) is 5.78 Å². The summed E-state index contributed by atoms with van der Waals surface area (Å²) < 4.78 is 5.53. The number of nitrogens with zero attached hydrogens (tertiary/aromatic N) is 1. The quantitative estimate of drug-likeness (QED) is 0.572. The summed E-state index contributed by atoms with van der Waals surface area (Å²) in [4.78, 5) is 13.7. The lowest BCUT2D eigenvalue weighted by atomic mass is 10.1. The molecular formula is C15H21NO2. The molecule has 1 aliphatic heterocycles. The first kappa shape index (κ1) is 13.1. The third-order valence-corrected chi connectivity index (χ3v) is 3.33. The molecule has 0 saturated carbocycles. The lowest BCUT2D eigenvalue weighted by Gasteiger charge is -2.19. The maximum Gasteiger partial charge on any atom is 0.159 e. The van der Waals surface area contributed by atoms with Gasteiger partial charge in [-0.3, -0.25) is 4.79 Å². The Morgan fingerprint density at radius 2 is 2.22 bits per heavy atom. The predicted molar refractivity (Wildman–Crippen MR) is 73.5 cm³/mol.